The summed E-state index contributed by atoms with van der Waals surface area (Å²) in [6.07, 6.45) is 1.42. The maximum absolute atomic E-state index is 9.31. The Balaban J connectivity index is 2.82. The summed E-state index contributed by atoms with van der Waals surface area (Å²) < 4.78 is 0. The summed E-state index contributed by atoms with van der Waals surface area (Å²) in [7, 11) is 1.61. The van der Waals surface area contributed by atoms with Crippen molar-refractivity contribution in [1.29, 1.82) is 0 Å². The molecule has 40 valence electrons. The monoisotopic (exact) mass is 101 g/mol. The van der Waals surface area contributed by atoms with E-state index >= 15 is 0 Å². The molecule has 0 fully saturated rings. The summed E-state index contributed by atoms with van der Waals surface area (Å²) in [6.45, 7) is 0.0946. The van der Waals surface area contributed by atoms with E-state index in [1.54, 1.807) is 7.05 Å². The van der Waals surface area contributed by atoms with Crippen molar-refractivity contribution < 1.29 is 0 Å². The summed E-state index contributed by atoms with van der Waals surface area (Å²) in [5, 5.41) is 5.03. The molecule has 0 aromatic heterocycles. The van der Waals surface area contributed by atoms with Crippen LogP contribution in [0.4, 0.5) is 0 Å². The van der Waals surface area contributed by atoms with Crippen molar-refractivity contribution in [3.63, 3.8) is 0 Å². The molecule has 0 spiro atoms. The molecule has 1 N–H and O–H groups in total. The number of nitrogens with one attached hydrogen (secondary N) is 1. The molecule has 4 nitrogen and oxygen atoms in total. The number of rotatable bonds is 3. The van der Waals surface area contributed by atoms with Crippen LogP contribution < -0.4 is 5.32 Å². The second kappa shape index (κ2) is 5.07. The predicted octanol–water partition coefficient (Wildman–Crippen LogP) is -0.0420. The molecule has 0 amide bonds. The lowest BCUT2D eigenvalue weighted by atomic mass is 11.0. The molecule has 0 saturated carbocycles. The third-order valence-corrected chi connectivity index (χ3v) is 0.376. The van der Waals surface area contributed by atoms with E-state index in [1.807, 2.05) is 0 Å². The van der Waals surface area contributed by atoms with E-state index in [4.69, 9.17) is 0 Å². The quantitative estimate of drug-likeness (QED) is 0.234. The molecular formula is C3H7N3O. The van der Waals surface area contributed by atoms with Crippen molar-refractivity contribution >= 4 is 6.34 Å². The van der Waals surface area contributed by atoms with Crippen molar-refractivity contribution in [3.8, 4) is 0 Å². The molecule has 0 atom stereocenters. The average Bonchev–Trinajstić information content (AvgIpc) is 1.69. The van der Waals surface area contributed by atoms with Crippen LogP contribution in [0.3, 0.4) is 0 Å². The van der Waals surface area contributed by atoms with Crippen LogP contribution in [0.15, 0.2) is 10.2 Å². The van der Waals surface area contributed by atoms with E-state index < -0.39 is 0 Å². The smallest absolute Gasteiger partial charge is 0.151 e. The molecular weight excluding hydrogens is 94.1 g/mol. The second-order valence-electron chi connectivity index (χ2n) is 0.879. The van der Waals surface area contributed by atoms with E-state index in [1.165, 1.54) is 6.34 Å². The largest absolute Gasteiger partial charge is 0.355 e. The van der Waals surface area contributed by atoms with Gasteiger partial charge in [0.2, 0.25) is 0 Å². The molecule has 0 unspecified atom stereocenters. The van der Waals surface area contributed by atoms with Crippen LogP contribution >= 0.6 is 0 Å². The highest BCUT2D eigenvalue weighted by molar-refractivity contribution is 5.53. The highest BCUT2D eigenvalue weighted by Gasteiger charge is 1.68. The Morgan fingerprint density at radius 2 is 2.57 bits per heavy atom. The SMILES string of the molecule is CN=CNCN=O. The maximum Gasteiger partial charge on any atom is 0.151 e. The lowest BCUT2D eigenvalue weighted by Gasteiger charge is -1.83. The van der Waals surface area contributed by atoms with Gasteiger partial charge in [-0.15, -0.1) is 4.91 Å². The first-order valence-corrected chi connectivity index (χ1v) is 1.85. The first-order chi connectivity index (χ1) is 3.41. The molecule has 0 rings (SSSR count). The third-order valence-electron chi connectivity index (χ3n) is 0.376. The number of hydrogen-bond donors (Lipinski definition) is 1. The van der Waals surface area contributed by atoms with Gasteiger partial charge in [0.05, 0.1) is 6.34 Å². The molecule has 4 heteroatoms. The Kier molecular flexibility index (Phi) is 4.40. The molecule has 0 aromatic carbocycles. The Labute approximate surface area is 41.6 Å². The van der Waals surface area contributed by atoms with Gasteiger partial charge in [0.25, 0.3) is 0 Å². The minimum absolute atomic E-state index is 0.0946. The topological polar surface area (TPSA) is 53.8 Å². The van der Waals surface area contributed by atoms with Gasteiger partial charge in [0.15, 0.2) is 6.67 Å². The van der Waals surface area contributed by atoms with Gasteiger partial charge in [-0.1, -0.05) is 0 Å². The summed E-state index contributed by atoms with van der Waals surface area (Å²) in [5.41, 5.74) is 0. The van der Waals surface area contributed by atoms with Gasteiger partial charge < -0.3 is 5.32 Å². The van der Waals surface area contributed by atoms with Crippen LogP contribution in [0.25, 0.3) is 0 Å². The van der Waals surface area contributed by atoms with Crippen LogP contribution in [0.2, 0.25) is 0 Å². The van der Waals surface area contributed by atoms with E-state index in [9.17, 15) is 4.91 Å². The Morgan fingerprint density at radius 1 is 1.86 bits per heavy atom. The van der Waals surface area contributed by atoms with E-state index in [-0.39, 0.29) is 6.67 Å². The van der Waals surface area contributed by atoms with Gasteiger partial charge in [0.1, 0.15) is 0 Å². The van der Waals surface area contributed by atoms with Crippen LogP contribution in [0, 0.1) is 4.91 Å². The molecule has 0 bridgehead atoms. The number of nitroso groups, excluding NO2 is 1. The number of aliphatic imine (C=N–C) groups is 1. The first-order valence-electron chi connectivity index (χ1n) is 1.85. The van der Waals surface area contributed by atoms with Crippen LogP contribution in [-0.2, 0) is 0 Å². The Hall–Kier alpha value is -0.930. The molecule has 0 radical (unpaired) electrons. The van der Waals surface area contributed by atoms with Crippen molar-refractivity contribution in [2.75, 3.05) is 13.7 Å². The van der Waals surface area contributed by atoms with E-state index in [0.29, 0.717) is 0 Å². The zero-order valence-electron chi connectivity index (χ0n) is 4.09. The van der Waals surface area contributed by atoms with Gasteiger partial charge >= 0.3 is 0 Å². The normalized spacial score (nSPS) is 9.29. The minimum atomic E-state index is 0.0946. The lowest BCUT2D eigenvalue weighted by molar-refractivity contribution is 0.934. The maximum atomic E-state index is 9.31. The van der Waals surface area contributed by atoms with E-state index in [0.717, 1.165) is 0 Å². The molecule has 0 aliphatic carbocycles. The highest BCUT2D eigenvalue weighted by Crippen LogP contribution is 1.53. The van der Waals surface area contributed by atoms with Crippen LogP contribution in [0.5, 0.6) is 0 Å². The number of nitrogens with zero attached hydrogens (tertiary/aromatic N) is 2. The zero-order valence-corrected chi connectivity index (χ0v) is 4.09. The fourth-order valence-corrected chi connectivity index (χ4v) is 0.169. The average molecular weight is 101 g/mol. The fraction of sp³-hybridized carbons (Fsp3) is 0.667. The van der Waals surface area contributed by atoms with Gasteiger partial charge in [0, 0.05) is 7.05 Å². The van der Waals surface area contributed by atoms with Crippen LogP contribution in [0.1, 0.15) is 0 Å². The van der Waals surface area contributed by atoms with Gasteiger partial charge in [-0.25, -0.2) is 0 Å². The van der Waals surface area contributed by atoms with Crippen molar-refractivity contribution in [3.05, 3.63) is 4.91 Å². The van der Waals surface area contributed by atoms with Crippen molar-refractivity contribution in [2.45, 2.75) is 0 Å². The molecule has 0 aliphatic rings. The summed E-state index contributed by atoms with van der Waals surface area (Å²) in [6, 6.07) is 0. The zero-order chi connectivity index (χ0) is 5.54. The summed E-state index contributed by atoms with van der Waals surface area (Å²) >= 11 is 0. The molecule has 0 heterocycles. The highest BCUT2D eigenvalue weighted by atomic mass is 16.3. The lowest BCUT2D eigenvalue weighted by Crippen LogP contribution is -2.09. The van der Waals surface area contributed by atoms with Crippen molar-refractivity contribution in [2.24, 2.45) is 10.2 Å². The summed E-state index contributed by atoms with van der Waals surface area (Å²) in [4.78, 5) is 12.8. The Morgan fingerprint density at radius 3 is 3.00 bits per heavy atom. The number of hydrogen-bond acceptors (Lipinski definition) is 3. The first kappa shape index (κ1) is 6.07. The second-order valence-corrected chi connectivity index (χ2v) is 0.879. The summed E-state index contributed by atoms with van der Waals surface area (Å²) in [5.74, 6) is 0. The molecule has 7 heavy (non-hydrogen) atoms. The fourth-order valence-electron chi connectivity index (χ4n) is 0.169. The Bertz CT molecular complexity index is 70.6. The van der Waals surface area contributed by atoms with Gasteiger partial charge in [-0.3, -0.25) is 4.99 Å². The van der Waals surface area contributed by atoms with Crippen LogP contribution in [-0.4, -0.2) is 20.1 Å². The molecule has 0 aromatic rings. The standard InChI is InChI=1S/C3H7N3O/c1-4-2-5-3-6-7/h2H,3H2,1H3,(H,4,5). The predicted molar refractivity (Wildman–Crippen MR) is 28.2 cm³/mol. The third kappa shape index (κ3) is 5.07. The molecule has 0 saturated heterocycles. The minimum Gasteiger partial charge on any atom is -0.355 e. The van der Waals surface area contributed by atoms with Gasteiger partial charge in [-0.2, -0.15) is 0 Å². The van der Waals surface area contributed by atoms with E-state index in [2.05, 4.69) is 15.5 Å². The molecule has 0 aliphatic heterocycles. The van der Waals surface area contributed by atoms with Crippen molar-refractivity contribution in [1.82, 2.24) is 5.32 Å². The van der Waals surface area contributed by atoms with Gasteiger partial charge in [-0.05, 0) is 5.18 Å².